The normalized spacial score (nSPS) is 17.6. The first-order valence-electron chi connectivity index (χ1n) is 7.06. The third-order valence-corrected chi connectivity index (χ3v) is 5.37. The lowest BCUT2D eigenvalue weighted by Crippen LogP contribution is -2.48. The van der Waals surface area contributed by atoms with Gasteiger partial charge in [0.25, 0.3) is 0 Å². The molecule has 1 aromatic carbocycles. The van der Waals surface area contributed by atoms with Crippen LogP contribution in [0.2, 0.25) is 0 Å². The number of benzene rings is 1. The van der Waals surface area contributed by atoms with Crippen LogP contribution in [0, 0.1) is 5.82 Å². The first kappa shape index (κ1) is 18.2. The van der Waals surface area contributed by atoms with Crippen LogP contribution in [0.5, 0.6) is 0 Å². The molecule has 1 heterocycles. The van der Waals surface area contributed by atoms with E-state index < -0.39 is 40.4 Å². The molecular formula is C14H17F4NO3S. The van der Waals surface area contributed by atoms with Gasteiger partial charge in [-0.1, -0.05) is 12.1 Å². The monoisotopic (exact) mass is 355 g/mol. The second kappa shape index (κ2) is 7.14. The average Bonchev–Trinajstić information content (AvgIpc) is 2.44. The Morgan fingerprint density at radius 1 is 1.22 bits per heavy atom. The van der Waals surface area contributed by atoms with Crippen molar-refractivity contribution in [3.63, 3.8) is 0 Å². The van der Waals surface area contributed by atoms with Crippen molar-refractivity contribution in [2.45, 2.75) is 30.8 Å². The Morgan fingerprint density at radius 2 is 1.87 bits per heavy atom. The van der Waals surface area contributed by atoms with Gasteiger partial charge in [0, 0.05) is 19.3 Å². The van der Waals surface area contributed by atoms with E-state index in [1.165, 1.54) is 12.1 Å². The van der Waals surface area contributed by atoms with Crippen LogP contribution in [-0.2, 0) is 20.5 Å². The zero-order valence-electron chi connectivity index (χ0n) is 12.2. The summed E-state index contributed by atoms with van der Waals surface area (Å²) < 4.78 is 82.0. The Labute approximate surface area is 132 Å². The average molecular weight is 355 g/mol. The van der Waals surface area contributed by atoms with E-state index in [1.54, 1.807) is 0 Å². The number of hydrogen-bond donors (Lipinski definition) is 0. The van der Waals surface area contributed by atoms with E-state index in [0.717, 1.165) is 12.1 Å². The van der Waals surface area contributed by atoms with Crippen LogP contribution in [0.4, 0.5) is 17.6 Å². The van der Waals surface area contributed by atoms with Gasteiger partial charge >= 0.3 is 6.18 Å². The van der Waals surface area contributed by atoms with Crippen molar-refractivity contribution < 1.29 is 30.7 Å². The smallest absolute Gasteiger partial charge is 0.381 e. The molecule has 0 spiro atoms. The first-order valence-corrected chi connectivity index (χ1v) is 8.67. The molecule has 1 aliphatic heterocycles. The molecule has 0 aromatic heterocycles. The molecule has 1 fully saturated rings. The highest BCUT2D eigenvalue weighted by Crippen LogP contribution is 2.26. The van der Waals surface area contributed by atoms with E-state index in [-0.39, 0.29) is 31.6 Å². The van der Waals surface area contributed by atoms with Crippen molar-refractivity contribution in [1.82, 2.24) is 4.31 Å². The number of nitrogens with zero attached hydrogens (tertiary/aromatic N) is 1. The lowest BCUT2D eigenvalue weighted by atomic mass is 10.1. The van der Waals surface area contributed by atoms with Gasteiger partial charge < -0.3 is 4.74 Å². The molecule has 9 heteroatoms. The van der Waals surface area contributed by atoms with E-state index in [9.17, 15) is 26.0 Å². The maximum atomic E-state index is 13.2. The van der Waals surface area contributed by atoms with Crippen LogP contribution in [0.15, 0.2) is 24.3 Å². The predicted molar refractivity (Wildman–Crippen MR) is 75.6 cm³/mol. The zero-order chi connectivity index (χ0) is 17.1. The maximum Gasteiger partial charge on any atom is 0.402 e. The van der Waals surface area contributed by atoms with Gasteiger partial charge in [0.15, 0.2) is 0 Å². The predicted octanol–water partition coefficient (Wildman–Crippen LogP) is 2.70. The molecule has 1 saturated heterocycles. The van der Waals surface area contributed by atoms with Gasteiger partial charge in [-0.05, 0) is 30.5 Å². The highest BCUT2D eigenvalue weighted by molar-refractivity contribution is 7.88. The Balaban J connectivity index is 2.24. The first-order chi connectivity index (χ1) is 10.7. The van der Waals surface area contributed by atoms with Gasteiger partial charge in [0.2, 0.25) is 10.0 Å². The fourth-order valence-electron chi connectivity index (χ4n) is 2.52. The minimum absolute atomic E-state index is 0.115. The summed E-state index contributed by atoms with van der Waals surface area (Å²) in [6.45, 7) is -1.11. The zero-order valence-corrected chi connectivity index (χ0v) is 13.0. The molecule has 1 aliphatic rings. The molecule has 0 saturated carbocycles. The van der Waals surface area contributed by atoms with Gasteiger partial charge in [-0.3, -0.25) is 0 Å². The van der Waals surface area contributed by atoms with E-state index in [4.69, 9.17) is 4.74 Å². The standard InChI is InChI=1S/C14H17F4NO3S/c15-12-3-1-2-11(8-12)9-23(20,21)19(10-14(16,17)18)13-4-6-22-7-5-13/h1-3,8,13H,4-7,9-10H2. The number of sulfonamides is 1. The van der Waals surface area contributed by atoms with Crippen LogP contribution in [-0.4, -0.2) is 44.7 Å². The molecule has 2 rings (SSSR count). The second-order valence-electron chi connectivity index (χ2n) is 5.39. The summed E-state index contributed by atoms with van der Waals surface area (Å²) in [5.74, 6) is -1.30. The third-order valence-electron chi connectivity index (χ3n) is 3.53. The molecule has 0 bridgehead atoms. The maximum absolute atomic E-state index is 13.2. The fourth-order valence-corrected chi connectivity index (χ4v) is 4.30. The summed E-state index contributed by atoms with van der Waals surface area (Å²) in [5.41, 5.74) is 0.115. The molecule has 130 valence electrons. The lowest BCUT2D eigenvalue weighted by Gasteiger charge is -2.33. The van der Waals surface area contributed by atoms with Crippen LogP contribution in [0.1, 0.15) is 18.4 Å². The Hall–Kier alpha value is -1.19. The van der Waals surface area contributed by atoms with Gasteiger partial charge in [-0.2, -0.15) is 17.5 Å². The summed E-state index contributed by atoms with van der Waals surface area (Å²) in [7, 11) is -4.23. The van der Waals surface area contributed by atoms with Crippen LogP contribution < -0.4 is 0 Å². The summed E-state index contributed by atoms with van der Waals surface area (Å²) in [6.07, 6.45) is -4.23. The van der Waals surface area contributed by atoms with Crippen molar-refractivity contribution in [2.24, 2.45) is 0 Å². The van der Waals surface area contributed by atoms with Gasteiger partial charge in [-0.25, -0.2) is 12.8 Å². The van der Waals surface area contributed by atoms with Crippen molar-refractivity contribution in [1.29, 1.82) is 0 Å². The molecule has 0 aliphatic carbocycles. The van der Waals surface area contributed by atoms with E-state index in [0.29, 0.717) is 4.31 Å². The van der Waals surface area contributed by atoms with Crippen LogP contribution >= 0.6 is 0 Å². The molecule has 23 heavy (non-hydrogen) atoms. The highest BCUT2D eigenvalue weighted by atomic mass is 32.2. The third kappa shape index (κ3) is 5.43. The summed E-state index contributed by atoms with van der Waals surface area (Å²) in [6, 6.07) is 4.08. The van der Waals surface area contributed by atoms with Gasteiger partial charge in [-0.15, -0.1) is 0 Å². The molecular weight excluding hydrogens is 338 g/mol. The molecule has 0 amide bonds. The molecule has 0 N–H and O–H groups in total. The molecule has 0 radical (unpaired) electrons. The van der Waals surface area contributed by atoms with Crippen molar-refractivity contribution in [3.8, 4) is 0 Å². The topological polar surface area (TPSA) is 46.6 Å². The summed E-state index contributed by atoms with van der Waals surface area (Å²) in [5, 5.41) is 0. The number of alkyl halides is 3. The number of halogens is 4. The van der Waals surface area contributed by atoms with E-state index in [2.05, 4.69) is 0 Å². The number of ether oxygens (including phenoxy) is 1. The number of hydrogen-bond acceptors (Lipinski definition) is 3. The summed E-state index contributed by atoms with van der Waals surface area (Å²) in [4.78, 5) is 0. The van der Waals surface area contributed by atoms with E-state index in [1.807, 2.05) is 0 Å². The van der Waals surface area contributed by atoms with Gasteiger partial charge in [0.05, 0.1) is 5.75 Å². The van der Waals surface area contributed by atoms with Crippen molar-refractivity contribution in [3.05, 3.63) is 35.6 Å². The van der Waals surface area contributed by atoms with E-state index >= 15 is 0 Å². The Morgan fingerprint density at radius 3 is 2.43 bits per heavy atom. The highest BCUT2D eigenvalue weighted by Gasteiger charge is 2.40. The quantitative estimate of drug-likeness (QED) is 0.763. The molecule has 1 aromatic rings. The summed E-state index contributed by atoms with van der Waals surface area (Å²) >= 11 is 0. The molecule has 0 atom stereocenters. The van der Waals surface area contributed by atoms with Crippen molar-refractivity contribution >= 4 is 10.0 Å². The van der Waals surface area contributed by atoms with Gasteiger partial charge in [0.1, 0.15) is 12.4 Å². The van der Waals surface area contributed by atoms with Crippen LogP contribution in [0.3, 0.4) is 0 Å². The SMILES string of the molecule is O=S(=O)(Cc1cccc(F)c1)N(CC(F)(F)F)C1CCOCC1. The Bertz CT molecular complexity index is 627. The minimum Gasteiger partial charge on any atom is -0.381 e. The molecule has 0 unspecified atom stereocenters. The second-order valence-corrected chi connectivity index (χ2v) is 7.31. The van der Waals surface area contributed by atoms with Crippen LogP contribution in [0.25, 0.3) is 0 Å². The fraction of sp³-hybridized carbons (Fsp3) is 0.571. The largest absolute Gasteiger partial charge is 0.402 e. The lowest BCUT2D eigenvalue weighted by molar-refractivity contribution is -0.141. The Kier molecular flexibility index (Phi) is 5.64. The minimum atomic E-state index is -4.65. The number of rotatable bonds is 5. The molecule has 4 nitrogen and oxygen atoms in total. The van der Waals surface area contributed by atoms with Crippen molar-refractivity contribution in [2.75, 3.05) is 19.8 Å².